The molecule has 0 amide bonds. The Hall–Kier alpha value is -1.60. The van der Waals surface area contributed by atoms with Crippen molar-refractivity contribution in [3.05, 3.63) is 6.33 Å². The van der Waals surface area contributed by atoms with Crippen molar-refractivity contribution in [1.29, 1.82) is 0 Å². The summed E-state index contributed by atoms with van der Waals surface area (Å²) in [7, 11) is 3.21. The van der Waals surface area contributed by atoms with E-state index in [9.17, 15) is 10.2 Å². The third-order valence-corrected chi connectivity index (χ3v) is 2.36. The number of hydrogen-bond acceptors (Lipinski definition) is 7. The summed E-state index contributed by atoms with van der Waals surface area (Å²) in [6, 6.07) is 0. The second-order valence-electron chi connectivity index (χ2n) is 3.86. The van der Waals surface area contributed by atoms with Crippen molar-refractivity contribution < 1.29 is 14.9 Å². The van der Waals surface area contributed by atoms with Gasteiger partial charge in [-0.1, -0.05) is 0 Å². The van der Waals surface area contributed by atoms with Crippen molar-refractivity contribution in [3.8, 4) is 5.75 Å². The van der Waals surface area contributed by atoms with Crippen molar-refractivity contribution in [2.24, 2.45) is 0 Å². The molecule has 0 atom stereocenters. The maximum Gasteiger partial charge on any atom is 0.204 e. The van der Waals surface area contributed by atoms with Gasteiger partial charge in [0.15, 0.2) is 11.6 Å². The molecule has 0 bridgehead atoms. The number of aliphatic hydroxyl groups excluding tert-OH is 2. The third-order valence-electron chi connectivity index (χ3n) is 2.36. The van der Waals surface area contributed by atoms with Crippen molar-refractivity contribution in [2.75, 3.05) is 38.0 Å². The van der Waals surface area contributed by atoms with Gasteiger partial charge in [0.25, 0.3) is 0 Å². The quantitative estimate of drug-likeness (QED) is 0.542. The van der Waals surface area contributed by atoms with E-state index in [4.69, 9.17) is 4.74 Å². The van der Waals surface area contributed by atoms with Crippen molar-refractivity contribution in [2.45, 2.75) is 12.5 Å². The van der Waals surface area contributed by atoms with E-state index in [1.807, 2.05) is 0 Å². The summed E-state index contributed by atoms with van der Waals surface area (Å²) in [6.07, 6.45) is 1.37. The van der Waals surface area contributed by atoms with Gasteiger partial charge in [-0.05, 0) is 6.92 Å². The van der Waals surface area contributed by atoms with Crippen LogP contribution in [0.25, 0.3) is 0 Å². The molecule has 1 aromatic heterocycles. The molecular formula is C10H18N4O3. The van der Waals surface area contributed by atoms with Crippen molar-refractivity contribution in [3.63, 3.8) is 0 Å². The average molecular weight is 242 g/mol. The fourth-order valence-electron chi connectivity index (χ4n) is 1.25. The molecule has 0 saturated carbocycles. The van der Waals surface area contributed by atoms with Crippen molar-refractivity contribution in [1.82, 2.24) is 9.97 Å². The Morgan fingerprint density at radius 3 is 2.35 bits per heavy atom. The van der Waals surface area contributed by atoms with Crippen LogP contribution in [0, 0.1) is 0 Å². The van der Waals surface area contributed by atoms with Crippen LogP contribution >= 0.6 is 0 Å². The second kappa shape index (κ2) is 5.65. The Morgan fingerprint density at radius 1 is 1.29 bits per heavy atom. The van der Waals surface area contributed by atoms with Gasteiger partial charge in [0.05, 0.1) is 25.9 Å². The molecule has 7 heteroatoms. The highest BCUT2D eigenvalue weighted by atomic mass is 16.5. The molecule has 0 saturated heterocycles. The first-order valence-electron chi connectivity index (χ1n) is 5.17. The lowest BCUT2D eigenvalue weighted by molar-refractivity contribution is 0.147. The van der Waals surface area contributed by atoms with Crippen LogP contribution in [0.15, 0.2) is 6.33 Å². The number of aliphatic hydroxyl groups is 2. The molecule has 96 valence electrons. The molecule has 1 heterocycles. The first kappa shape index (κ1) is 13.5. The molecule has 0 aromatic carbocycles. The topological polar surface area (TPSA) is 99.5 Å². The van der Waals surface area contributed by atoms with Crippen LogP contribution in [-0.4, -0.2) is 53.1 Å². The Kier molecular flexibility index (Phi) is 4.47. The minimum atomic E-state index is -0.868. The van der Waals surface area contributed by atoms with Crippen LogP contribution < -0.4 is 15.4 Å². The van der Waals surface area contributed by atoms with E-state index < -0.39 is 5.54 Å². The average Bonchev–Trinajstić information content (AvgIpc) is 2.38. The number of methoxy groups -OCH3 is 1. The molecular weight excluding hydrogens is 224 g/mol. The van der Waals surface area contributed by atoms with Gasteiger partial charge in [-0.15, -0.1) is 0 Å². The van der Waals surface area contributed by atoms with Gasteiger partial charge in [0.1, 0.15) is 6.33 Å². The van der Waals surface area contributed by atoms with Crippen LogP contribution in [0.3, 0.4) is 0 Å². The largest absolute Gasteiger partial charge is 0.490 e. The summed E-state index contributed by atoms with van der Waals surface area (Å²) in [6.45, 7) is 1.21. The Morgan fingerprint density at radius 2 is 1.88 bits per heavy atom. The predicted octanol–water partition coefficient (Wildman–Crippen LogP) is -0.318. The van der Waals surface area contributed by atoms with Crippen LogP contribution in [0.5, 0.6) is 5.75 Å². The number of ether oxygens (including phenoxy) is 1. The van der Waals surface area contributed by atoms with Crippen LogP contribution in [0.4, 0.5) is 11.6 Å². The van der Waals surface area contributed by atoms with Gasteiger partial charge >= 0.3 is 0 Å². The number of hydrogen-bond donors (Lipinski definition) is 4. The number of nitrogens with one attached hydrogen (secondary N) is 2. The van der Waals surface area contributed by atoms with E-state index in [2.05, 4.69) is 20.6 Å². The van der Waals surface area contributed by atoms with E-state index in [0.29, 0.717) is 17.4 Å². The van der Waals surface area contributed by atoms with E-state index in [-0.39, 0.29) is 13.2 Å². The SMILES string of the molecule is CNc1ncnc(NC(C)(CO)CO)c1OC. The molecule has 0 fully saturated rings. The van der Waals surface area contributed by atoms with Gasteiger partial charge in [0, 0.05) is 7.05 Å². The van der Waals surface area contributed by atoms with Crippen LogP contribution in [0.1, 0.15) is 6.92 Å². The van der Waals surface area contributed by atoms with Gasteiger partial charge in [-0.3, -0.25) is 0 Å². The minimum absolute atomic E-state index is 0.231. The smallest absolute Gasteiger partial charge is 0.204 e. The molecule has 17 heavy (non-hydrogen) atoms. The summed E-state index contributed by atoms with van der Waals surface area (Å²) in [5.41, 5.74) is -0.868. The van der Waals surface area contributed by atoms with Gasteiger partial charge in [0.2, 0.25) is 5.75 Å². The number of nitrogens with zero attached hydrogens (tertiary/aromatic N) is 2. The fraction of sp³-hybridized carbons (Fsp3) is 0.600. The molecule has 4 N–H and O–H groups in total. The molecule has 0 spiro atoms. The highest BCUT2D eigenvalue weighted by Crippen LogP contribution is 2.30. The van der Waals surface area contributed by atoms with Crippen LogP contribution in [0.2, 0.25) is 0 Å². The molecule has 1 rings (SSSR count). The van der Waals surface area contributed by atoms with E-state index in [0.717, 1.165) is 0 Å². The molecule has 1 aromatic rings. The zero-order chi connectivity index (χ0) is 12.9. The first-order chi connectivity index (χ1) is 8.10. The van der Waals surface area contributed by atoms with Gasteiger partial charge < -0.3 is 25.6 Å². The Bertz CT molecular complexity index is 369. The standard InChI is InChI=1S/C10H18N4O3/c1-10(4-15,5-16)14-9-7(17-3)8(11-2)12-6-13-9/h6,15-16H,4-5H2,1-3H3,(H2,11,12,13,14). The maximum atomic E-state index is 9.21. The van der Waals surface area contributed by atoms with E-state index in [1.54, 1.807) is 14.0 Å². The van der Waals surface area contributed by atoms with Crippen LogP contribution in [-0.2, 0) is 0 Å². The summed E-state index contributed by atoms with van der Waals surface area (Å²) >= 11 is 0. The highest BCUT2D eigenvalue weighted by Gasteiger charge is 2.25. The summed E-state index contributed by atoms with van der Waals surface area (Å²) < 4.78 is 5.19. The van der Waals surface area contributed by atoms with E-state index >= 15 is 0 Å². The minimum Gasteiger partial charge on any atom is -0.490 e. The monoisotopic (exact) mass is 242 g/mol. The second-order valence-corrected chi connectivity index (χ2v) is 3.86. The van der Waals surface area contributed by atoms with Gasteiger partial charge in [-0.25, -0.2) is 9.97 Å². The Labute approximate surface area is 99.9 Å². The first-order valence-corrected chi connectivity index (χ1v) is 5.17. The fourth-order valence-corrected chi connectivity index (χ4v) is 1.25. The lowest BCUT2D eigenvalue weighted by Crippen LogP contribution is -2.42. The molecule has 0 radical (unpaired) electrons. The maximum absolute atomic E-state index is 9.21. The summed E-state index contributed by atoms with van der Waals surface area (Å²) in [4.78, 5) is 8.03. The predicted molar refractivity (Wildman–Crippen MR) is 64.3 cm³/mol. The lowest BCUT2D eigenvalue weighted by Gasteiger charge is -2.27. The molecule has 0 aliphatic heterocycles. The zero-order valence-electron chi connectivity index (χ0n) is 10.2. The zero-order valence-corrected chi connectivity index (χ0v) is 10.2. The number of anilines is 2. The highest BCUT2D eigenvalue weighted by molar-refractivity contribution is 5.64. The number of rotatable bonds is 6. The third kappa shape index (κ3) is 2.95. The normalized spacial score (nSPS) is 11.1. The van der Waals surface area contributed by atoms with Gasteiger partial charge in [-0.2, -0.15) is 0 Å². The molecule has 0 aliphatic rings. The van der Waals surface area contributed by atoms with E-state index in [1.165, 1.54) is 13.4 Å². The molecule has 0 aliphatic carbocycles. The molecule has 7 nitrogen and oxygen atoms in total. The molecule has 0 unspecified atom stereocenters. The summed E-state index contributed by atoms with van der Waals surface area (Å²) in [5.74, 6) is 1.38. The van der Waals surface area contributed by atoms with Crippen molar-refractivity contribution >= 4 is 11.6 Å². The summed E-state index contributed by atoms with van der Waals surface area (Å²) in [5, 5.41) is 24.2. The number of aromatic nitrogens is 2. The Balaban J connectivity index is 3.05. The lowest BCUT2D eigenvalue weighted by atomic mass is 10.1.